The lowest BCUT2D eigenvalue weighted by molar-refractivity contribution is -0.154. The molecular formula is C30H40O4. The van der Waals surface area contributed by atoms with Crippen LogP contribution in [0.25, 0.3) is 0 Å². The van der Waals surface area contributed by atoms with Gasteiger partial charge in [0, 0.05) is 0 Å². The molecule has 1 aliphatic carbocycles. The van der Waals surface area contributed by atoms with Crippen LogP contribution in [0.4, 0.5) is 0 Å². The van der Waals surface area contributed by atoms with E-state index >= 15 is 0 Å². The molecule has 0 heterocycles. The summed E-state index contributed by atoms with van der Waals surface area (Å²) in [6.45, 7) is 14.6. The van der Waals surface area contributed by atoms with Crippen molar-refractivity contribution < 1.29 is 19.1 Å². The minimum absolute atomic E-state index is 0.0242. The first-order valence-corrected chi connectivity index (χ1v) is 12.4. The summed E-state index contributed by atoms with van der Waals surface area (Å²) in [5, 5.41) is 0. The molecule has 0 amide bonds. The number of rotatable bonds is 6. The van der Waals surface area contributed by atoms with E-state index in [0.717, 1.165) is 31.2 Å². The molecule has 1 saturated carbocycles. The maximum atomic E-state index is 13.3. The number of esters is 2. The fourth-order valence-electron chi connectivity index (χ4n) is 4.96. The molecule has 3 rings (SSSR count). The topological polar surface area (TPSA) is 52.6 Å². The van der Waals surface area contributed by atoms with Gasteiger partial charge in [0.2, 0.25) is 0 Å². The molecule has 1 atom stereocenters. The molecular weight excluding hydrogens is 424 g/mol. The Morgan fingerprint density at radius 1 is 0.824 bits per heavy atom. The predicted molar refractivity (Wildman–Crippen MR) is 136 cm³/mol. The van der Waals surface area contributed by atoms with E-state index in [0.29, 0.717) is 17.7 Å². The standard InChI is InChI=1S/C30H40O4/c1-27(2,3)21-29(7,28(4,5)6)26(32)33-24-17-15-22(16-18-24)25(31)34-30(19-11-12-20-30)23-13-9-8-10-14-23/h8-10,13-18H,11-12,19-21H2,1-7H3. The Kier molecular flexibility index (Phi) is 7.31. The summed E-state index contributed by atoms with van der Waals surface area (Å²) in [4.78, 5) is 26.3. The van der Waals surface area contributed by atoms with Crippen LogP contribution in [-0.4, -0.2) is 11.9 Å². The van der Waals surface area contributed by atoms with Crippen molar-refractivity contribution in [2.24, 2.45) is 16.2 Å². The molecule has 2 aromatic carbocycles. The van der Waals surface area contributed by atoms with Crippen molar-refractivity contribution in [3.8, 4) is 5.75 Å². The third kappa shape index (κ3) is 5.71. The predicted octanol–water partition coefficient (Wildman–Crippen LogP) is 7.71. The summed E-state index contributed by atoms with van der Waals surface area (Å²) in [6.07, 6.45) is 4.44. The van der Waals surface area contributed by atoms with Crippen LogP contribution in [0.1, 0.15) is 96.5 Å². The van der Waals surface area contributed by atoms with Gasteiger partial charge < -0.3 is 9.47 Å². The van der Waals surface area contributed by atoms with Crippen molar-refractivity contribution >= 4 is 11.9 Å². The van der Waals surface area contributed by atoms with Crippen LogP contribution in [0.3, 0.4) is 0 Å². The molecule has 1 aliphatic rings. The molecule has 0 saturated heterocycles. The largest absolute Gasteiger partial charge is 0.451 e. The first kappa shape index (κ1) is 26.0. The van der Waals surface area contributed by atoms with Crippen molar-refractivity contribution in [3.05, 3.63) is 65.7 Å². The van der Waals surface area contributed by atoms with E-state index < -0.39 is 11.0 Å². The molecule has 0 aromatic heterocycles. The second-order valence-corrected chi connectivity index (χ2v) is 12.2. The summed E-state index contributed by atoms with van der Waals surface area (Å²) in [7, 11) is 0. The summed E-state index contributed by atoms with van der Waals surface area (Å²) in [6, 6.07) is 16.7. The SMILES string of the molecule is CC(C)(C)CC(C)(C(=O)Oc1ccc(C(=O)OC2(c3ccccc3)CCCC2)cc1)C(C)(C)C. The lowest BCUT2D eigenvalue weighted by Gasteiger charge is -2.43. The molecule has 184 valence electrons. The van der Waals surface area contributed by atoms with Crippen molar-refractivity contribution in [1.82, 2.24) is 0 Å². The van der Waals surface area contributed by atoms with Gasteiger partial charge in [0.15, 0.2) is 0 Å². The van der Waals surface area contributed by atoms with Gasteiger partial charge in [-0.1, -0.05) is 71.9 Å². The molecule has 0 bridgehead atoms. The Bertz CT molecular complexity index is 987. The maximum Gasteiger partial charge on any atom is 0.339 e. The summed E-state index contributed by atoms with van der Waals surface area (Å²) in [5.41, 5.74) is -0.0159. The van der Waals surface area contributed by atoms with E-state index in [1.807, 2.05) is 37.3 Å². The van der Waals surface area contributed by atoms with Crippen LogP contribution in [-0.2, 0) is 15.1 Å². The molecule has 0 N–H and O–H groups in total. The average molecular weight is 465 g/mol. The van der Waals surface area contributed by atoms with Gasteiger partial charge in [0.1, 0.15) is 11.4 Å². The molecule has 0 aliphatic heterocycles. The number of hydrogen-bond acceptors (Lipinski definition) is 4. The smallest absolute Gasteiger partial charge is 0.339 e. The fraction of sp³-hybridized carbons (Fsp3) is 0.533. The van der Waals surface area contributed by atoms with Crippen LogP contribution in [0, 0.1) is 16.2 Å². The Morgan fingerprint density at radius 3 is 1.88 bits per heavy atom. The normalized spacial score (nSPS) is 17.6. The van der Waals surface area contributed by atoms with E-state index in [4.69, 9.17) is 9.47 Å². The lowest BCUT2D eigenvalue weighted by atomic mass is 9.61. The zero-order valence-corrected chi connectivity index (χ0v) is 21.9. The number of ether oxygens (including phenoxy) is 2. The summed E-state index contributed by atoms with van der Waals surface area (Å²) < 4.78 is 11.9. The number of hydrogen-bond donors (Lipinski definition) is 0. The van der Waals surface area contributed by atoms with Crippen molar-refractivity contribution in [2.75, 3.05) is 0 Å². The molecule has 0 radical (unpaired) electrons. The van der Waals surface area contributed by atoms with Crippen LogP contribution in [0.15, 0.2) is 54.6 Å². The molecule has 4 nitrogen and oxygen atoms in total. The second kappa shape index (κ2) is 9.56. The highest BCUT2D eigenvalue weighted by molar-refractivity contribution is 5.90. The Hall–Kier alpha value is -2.62. The number of carbonyl (C=O) groups is 2. The van der Waals surface area contributed by atoms with Gasteiger partial charge in [-0.25, -0.2) is 4.79 Å². The van der Waals surface area contributed by atoms with Gasteiger partial charge in [-0.3, -0.25) is 4.79 Å². The number of carbonyl (C=O) groups excluding carboxylic acids is 2. The van der Waals surface area contributed by atoms with Gasteiger partial charge in [-0.05, 0) is 79.7 Å². The number of benzene rings is 2. The Morgan fingerprint density at radius 2 is 1.38 bits per heavy atom. The Labute approximate surface area is 205 Å². The molecule has 2 aromatic rings. The van der Waals surface area contributed by atoms with E-state index in [1.54, 1.807) is 24.3 Å². The summed E-state index contributed by atoms with van der Waals surface area (Å²) in [5.74, 6) is -0.167. The Balaban J connectivity index is 1.74. The third-order valence-electron chi connectivity index (χ3n) is 7.29. The van der Waals surface area contributed by atoms with Gasteiger partial charge in [-0.2, -0.15) is 0 Å². The molecule has 34 heavy (non-hydrogen) atoms. The average Bonchev–Trinajstić information content (AvgIpc) is 3.22. The minimum atomic E-state index is -0.659. The first-order chi connectivity index (χ1) is 15.8. The van der Waals surface area contributed by atoms with Crippen LogP contribution in [0.2, 0.25) is 0 Å². The summed E-state index contributed by atoms with van der Waals surface area (Å²) >= 11 is 0. The van der Waals surface area contributed by atoms with Gasteiger partial charge in [0.25, 0.3) is 0 Å². The molecule has 4 heteroatoms. The van der Waals surface area contributed by atoms with E-state index in [1.165, 1.54) is 0 Å². The maximum absolute atomic E-state index is 13.3. The van der Waals surface area contributed by atoms with Crippen LogP contribution < -0.4 is 4.74 Å². The monoisotopic (exact) mass is 464 g/mol. The second-order valence-electron chi connectivity index (χ2n) is 12.2. The molecule has 1 fully saturated rings. The zero-order valence-electron chi connectivity index (χ0n) is 21.9. The van der Waals surface area contributed by atoms with Crippen LogP contribution in [0.5, 0.6) is 5.75 Å². The van der Waals surface area contributed by atoms with Crippen molar-refractivity contribution in [1.29, 1.82) is 0 Å². The van der Waals surface area contributed by atoms with Gasteiger partial charge in [0.05, 0.1) is 11.0 Å². The highest BCUT2D eigenvalue weighted by Crippen LogP contribution is 2.47. The highest BCUT2D eigenvalue weighted by atomic mass is 16.6. The molecule has 0 spiro atoms. The van der Waals surface area contributed by atoms with Gasteiger partial charge >= 0.3 is 11.9 Å². The minimum Gasteiger partial charge on any atom is -0.451 e. The quantitative estimate of drug-likeness (QED) is 0.324. The molecule has 1 unspecified atom stereocenters. The third-order valence-corrected chi connectivity index (χ3v) is 7.29. The highest BCUT2D eigenvalue weighted by Gasteiger charge is 2.48. The lowest BCUT2D eigenvalue weighted by Crippen LogP contribution is -2.45. The fourth-order valence-corrected chi connectivity index (χ4v) is 4.96. The first-order valence-electron chi connectivity index (χ1n) is 12.4. The zero-order chi connectivity index (χ0) is 25.2. The van der Waals surface area contributed by atoms with E-state index in [-0.39, 0.29) is 22.8 Å². The van der Waals surface area contributed by atoms with Crippen LogP contribution >= 0.6 is 0 Å². The van der Waals surface area contributed by atoms with E-state index in [9.17, 15) is 9.59 Å². The van der Waals surface area contributed by atoms with Gasteiger partial charge in [-0.15, -0.1) is 0 Å². The van der Waals surface area contributed by atoms with Crippen molar-refractivity contribution in [2.45, 2.75) is 86.2 Å². The van der Waals surface area contributed by atoms with E-state index in [2.05, 4.69) is 41.5 Å². The van der Waals surface area contributed by atoms with Crippen molar-refractivity contribution in [3.63, 3.8) is 0 Å².